The lowest BCUT2D eigenvalue weighted by molar-refractivity contribution is 0.140. The smallest absolute Gasteiger partial charge is 0.0466 e. The second-order valence-corrected chi connectivity index (χ2v) is 4.41. The van der Waals surface area contributed by atoms with Crippen molar-refractivity contribution < 1.29 is 4.74 Å². The van der Waals surface area contributed by atoms with E-state index in [0.29, 0.717) is 0 Å². The Labute approximate surface area is 108 Å². The third-order valence-electron chi connectivity index (χ3n) is 2.71. The summed E-state index contributed by atoms with van der Waals surface area (Å²) in [7, 11) is 0. The first kappa shape index (κ1) is 14.5. The van der Waals surface area contributed by atoms with Crippen LogP contribution in [-0.4, -0.2) is 19.3 Å². The third kappa shape index (κ3) is 5.50. The highest BCUT2D eigenvalue weighted by Crippen LogP contribution is 2.17. The number of hydrogen-bond donors (Lipinski definition) is 2. The Balaban J connectivity index is 2.38. The van der Waals surface area contributed by atoms with E-state index in [1.807, 2.05) is 31.2 Å². The number of ether oxygens (including phenoxy) is 1. The SMILES string of the molecule is CCOCCCC(Cc1ccccc1Cl)NN. The molecule has 1 rings (SSSR count). The molecule has 0 fully saturated rings. The lowest BCUT2D eigenvalue weighted by Gasteiger charge is -2.16. The molecule has 0 bridgehead atoms. The molecule has 1 aromatic carbocycles. The molecule has 96 valence electrons. The van der Waals surface area contributed by atoms with Crippen LogP contribution < -0.4 is 11.3 Å². The van der Waals surface area contributed by atoms with Crippen LogP contribution in [0.1, 0.15) is 25.3 Å². The van der Waals surface area contributed by atoms with Gasteiger partial charge in [0.1, 0.15) is 0 Å². The molecule has 0 spiro atoms. The van der Waals surface area contributed by atoms with Gasteiger partial charge >= 0.3 is 0 Å². The fourth-order valence-corrected chi connectivity index (χ4v) is 1.96. The number of benzene rings is 1. The minimum Gasteiger partial charge on any atom is -0.382 e. The van der Waals surface area contributed by atoms with Gasteiger partial charge < -0.3 is 4.74 Å². The Bertz CT molecular complexity index is 320. The van der Waals surface area contributed by atoms with Gasteiger partial charge in [0.15, 0.2) is 0 Å². The number of hydrogen-bond acceptors (Lipinski definition) is 3. The highest BCUT2D eigenvalue weighted by molar-refractivity contribution is 6.31. The third-order valence-corrected chi connectivity index (χ3v) is 3.07. The molecule has 1 atom stereocenters. The van der Waals surface area contributed by atoms with Crippen molar-refractivity contribution in [3.8, 4) is 0 Å². The van der Waals surface area contributed by atoms with E-state index in [-0.39, 0.29) is 6.04 Å². The van der Waals surface area contributed by atoms with Crippen LogP contribution in [0.25, 0.3) is 0 Å². The Hall–Kier alpha value is -0.610. The second kappa shape index (κ2) is 8.48. The fourth-order valence-electron chi connectivity index (χ4n) is 1.75. The average molecular weight is 257 g/mol. The predicted octanol–water partition coefficient (Wildman–Crippen LogP) is 2.53. The Morgan fingerprint density at radius 1 is 1.41 bits per heavy atom. The Morgan fingerprint density at radius 3 is 2.82 bits per heavy atom. The summed E-state index contributed by atoms with van der Waals surface area (Å²) in [5.41, 5.74) is 3.97. The van der Waals surface area contributed by atoms with Crippen LogP contribution in [0.5, 0.6) is 0 Å². The molecule has 4 heteroatoms. The minimum atomic E-state index is 0.246. The minimum absolute atomic E-state index is 0.246. The summed E-state index contributed by atoms with van der Waals surface area (Å²) in [6, 6.07) is 8.12. The zero-order valence-electron chi connectivity index (χ0n) is 10.3. The molecular weight excluding hydrogens is 236 g/mol. The van der Waals surface area contributed by atoms with Crippen molar-refractivity contribution in [1.29, 1.82) is 0 Å². The zero-order valence-corrected chi connectivity index (χ0v) is 11.0. The fraction of sp³-hybridized carbons (Fsp3) is 0.538. The molecule has 1 aromatic rings. The van der Waals surface area contributed by atoms with Gasteiger partial charge in [0, 0.05) is 24.3 Å². The van der Waals surface area contributed by atoms with Crippen LogP contribution >= 0.6 is 11.6 Å². The van der Waals surface area contributed by atoms with E-state index in [2.05, 4.69) is 5.43 Å². The van der Waals surface area contributed by atoms with Gasteiger partial charge in [0.25, 0.3) is 0 Å². The van der Waals surface area contributed by atoms with Gasteiger partial charge in [-0.25, -0.2) is 0 Å². The summed E-state index contributed by atoms with van der Waals surface area (Å²) in [5, 5.41) is 0.803. The molecule has 0 heterocycles. The average Bonchev–Trinajstić information content (AvgIpc) is 2.35. The number of nitrogens with one attached hydrogen (secondary N) is 1. The number of nitrogens with two attached hydrogens (primary N) is 1. The maximum absolute atomic E-state index is 6.12. The summed E-state index contributed by atoms with van der Waals surface area (Å²) in [4.78, 5) is 0. The molecule has 1 unspecified atom stereocenters. The van der Waals surface area contributed by atoms with Crippen molar-refractivity contribution >= 4 is 11.6 Å². The summed E-state index contributed by atoms with van der Waals surface area (Å²) < 4.78 is 5.31. The predicted molar refractivity (Wildman–Crippen MR) is 72.0 cm³/mol. The molecule has 17 heavy (non-hydrogen) atoms. The number of rotatable bonds is 8. The molecule has 0 aliphatic heterocycles. The van der Waals surface area contributed by atoms with E-state index in [4.69, 9.17) is 22.2 Å². The molecular formula is C13H21ClN2O. The first-order chi connectivity index (χ1) is 8.27. The van der Waals surface area contributed by atoms with E-state index < -0.39 is 0 Å². The lowest BCUT2D eigenvalue weighted by Crippen LogP contribution is -2.37. The molecule has 0 radical (unpaired) electrons. The normalized spacial score (nSPS) is 12.6. The molecule has 3 nitrogen and oxygen atoms in total. The standard InChI is InChI=1S/C13H21ClN2O/c1-2-17-9-5-7-12(16-15)10-11-6-3-4-8-13(11)14/h3-4,6,8,12,16H,2,5,7,9-10,15H2,1H3. The van der Waals surface area contributed by atoms with Crippen molar-refractivity contribution in [1.82, 2.24) is 5.43 Å². The summed E-state index contributed by atoms with van der Waals surface area (Å²) in [6.07, 6.45) is 2.84. The number of halogens is 1. The monoisotopic (exact) mass is 256 g/mol. The summed E-state index contributed by atoms with van der Waals surface area (Å²) >= 11 is 6.12. The summed E-state index contributed by atoms with van der Waals surface area (Å²) in [6.45, 7) is 3.56. The highest BCUT2D eigenvalue weighted by Gasteiger charge is 2.09. The van der Waals surface area contributed by atoms with Gasteiger partial charge in [-0.15, -0.1) is 0 Å². The van der Waals surface area contributed by atoms with Crippen LogP contribution in [0.3, 0.4) is 0 Å². The van der Waals surface area contributed by atoms with Crippen LogP contribution in [0, 0.1) is 0 Å². The maximum atomic E-state index is 6.12. The molecule has 0 saturated carbocycles. The first-order valence-corrected chi connectivity index (χ1v) is 6.43. The van der Waals surface area contributed by atoms with Crippen molar-refractivity contribution in [2.24, 2.45) is 5.84 Å². The maximum Gasteiger partial charge on any atom is 0.0466 e. The largest absolute Gasteiger partial charge is 0.382 e. The Kier molecular flexibility index (Phi) is 7.21. The Morgan fingerprint density at radius 2 is 2.18 bits per heavy atom. The van der Waals surface area contributed by atoms with E-state index in [0.717, 1.165) is 43.1 Å². The van der Waals surface area contributed by atoms with Gasteiger partial charge in [0.05, 0.1) is 0 Å². The zero-order chi connectivity index (χ0) is 12.5. The first-order valence-electron chi connectivity index (χ1n) is 6.05. The molecule has 0 aromatic heterocycles. The molecule has 0 saturated heterocycles. The van der Waals surface area contributed by atoms with Gasteiger partial charge in [-0.3, -0.25) is 11.3 Å². The molecule has 3 N–H and O–H groups in total. The second-order valence-electron chi connectivity index (χ2n) is 4.00. The van der Waals surface area contributed by atoms with E-state index >= 15 is 0 Å². The van der Waals surface area contributed by atoms with Gasteiger partial charge in [0.2, 0.25) is 0 Å². The van der Waals surface area contributed by atoms with Crippen molar-refractivity contribution in [3.63, 3.8) is 0 Å². The van der Waals surface area contributed by atoms with E-state index in [1.54, 1.807) is 0 Å². The van der Waals surface area contributed by atoms with Crippen LogP contribution in [-0.2, 0) is 11.2 Å². The van der Waals surface area contributed by atoms with Crippen molar-refractivity contribution in [3.05, 3.63) is 34.9 Å². The molecule has 0 aliphatic rings. The molecule has 0 amide bonds. The van der Waals surface area contributed by atoms with E-state index in [1.165, 1.54) is 0 Å². The molecule has 0 aliphatic carbocycles. The lowest BCUT2D eigenvalue weighted by atomic mass is 10.0. The highest BCUT2D eigenvalue weighted by atomic mass is 35.5. The van der Waals surface area contributed by atoms with Gasteiger partial charge in [-0.1, -0.05) is 29.8 Å². The van der Waals surface area contributed by atoms with Crippen molar-refractivity contribution in [2.75, 3.05) is 13.2 Å². The van der Waals surface area contributed by atoms with Crippen LogP contribution in [0.15, 0.2) is 24.3 Å². The van der Waals surface area contributed by atoms with Crippen molar-refractivity contribution in [2.45, 2.75) is 32.2 Å². The van der Waals surface area contributed by atoms with E-state index in [9.17, 15) is 0 Å². The van der Waals surface area contributed by atoms with Gasteiger partial charge in [-0.05, 0) is 37.8 Å². The summed E-state index contributed by atoms with van der Waals surface area (Å²) in [5.74, 6) is 5.55. The van der Waals surface area contributed by atoms with Crippen LogP contribution in [0.4, 0.5) is 0 Å². The topological polar surface area (TPSA) is 47.3 Å². The van der Waals surface area contributed by atoms with Gasteiger partial charge in [-0.2, -0.15) is 0 Å². The van der Waals surface area contributed by atoms with Crippen LogP contribution in [0.2, 0.25) is 5.02 Å². The number of hydrazine groups is 1. The quantitative estimate of drug-likeness (QED) is 0.427.